The van der Waals surface area contributed by atoms with Gasteiger partial charge in [0.15, 0.2) is 0 Å². The highest BCUT2D eigenvalue weighted by molar-refractivity contribution is 6.22. The largest absolute Gasteiger partial charge is 0.274 e. The Balaban J connectivity index is 1.69. The van der Waals surface area contributed by atoms with Gasteiger partial charge in [-0.1, -0.05) is 38.1 Å². The van der Waals surface area contributed by atoms with Crippen LogP contribution < -0.4 is 4.90 Å². The molecule has 3 heteroatoms. The molecule has 1 saturated heterocycles. The zero-order chi connectivity index (χ0) is 15.4. The van der Waals surface area contributed by atoms with Crippen molar-refractivity contribution in [3.63, 3.8) is 0 Å². The molecule has 2 amide bonds. The van der Waals surface area contributed by atoms with E-state index in [-0.39, 0.29) is 35.5 Å². The molecule has 1 aromatic carbocycles. The fourth-order valence-electron chi connectivity index (χ4n) is 4.34. The molecule has 2 fully saturated rings. The zero-order valence-electron chi connectivity index (χ0n) is 13.0. The van der Waals surface area contributed by atoms with Gasteiger partial charge in [-0.3, -0.25) is 14.5 Å². The summed E-state index contributed by atoms with van der Waals surface area (Å²) in [6.45, 7) is 4.28. The standard InChI is InChI=1S/C19H21NO2/c1-11(2)12-7-9-15(10-8-12)20-18(21)16-13-3-4-14(6-5-13)17(16)19(20)22/h3-4,7-11,13-14,16-17H,5-6H2,1-2H3/t13-,14-,16-,17+/m1/s1. The molecule has 1 heterocycles. The van der Waals surface area contributed by atoms with E-state index in [1.54, 1.807) is 0 Å². The van der Waals surface area contributed by atoms with Gasteiger partial charge in [-0.2, -0.15) is 0 Å². The summed E-state index contributed by atoms with van der Waals surface area (Å²) in [4.78, 5) is 27.1. The van der Waals surface area contributed by atoms with Crippen molar-refractivity contribution in [2.75, 3.05) is 4.90 Å². The van der Waals surface area contributed by atoms with Gasteiger partial charge >= 0.3 is 0 Å². The Bertz CT molecular complexity index is 627. The number of amides is 2. The maximum Gasteiger partial charge on any atom is 0.238 e. The van der Waals surface area contributed by atoms with Crippen molar-refractivity contribution in [1.29, 1.82) is 0 Å². The number of carbonyl (C=O) groups is 2. The lowest BCUT2D eigenvalue weighted by molar-refractivity contribution is -0.124. The van der Waals surface area contributed by atoms with Gasteiger partial charge in [0.1, 0.15) is 0 Å². The van der Waals surface area contributed by atoms with Crippen molar-refractivity contribution in [3.05, 3.63) is 42.0 Å². The van der Waals surface area contributed by atoms with Gasteiger partial charge in [0.25, 0.3) is 0 Å². The smallest absolute Gasteiger partial charge is 0.238 e. The third-order valence-corrected chi connectivity index (χ3v) is 5.58. The number of hydrogen-bond donors (Lipinski definition) is 0. The third-order valence-electron chi connectivity index (χ3n) is 5.58. The molecule has 1 aliphatic heterocycles. The Morgan fingerprint density at radius 1 is 0.909 bits per heavy atom. The molecule has 3 nitrogen and oxygen atoms in total. The monoisotopic (exact) mass is 295 g/mol. The quantitative estimate of drug-likeness (QED) is 0.618. The maximum atomic E-state index is 12.8. The number of rotatable bonds is 2. The van der Waals surface area contributed by atoms with Gasteiger partial charge in [-0.25, -0.2) is 0 Å². The van der Waals surface area contributed by atoms with Crippen LogP contribution in [0.5, 0.6) is 0 Å². The first-order valence-corrected chi connectivity index (χ1v) is 8.24. The molecular formula is C19H21NO2. The molecule has 1 saturated carbocycles. The highest BCUT2D eigenvalue weighted by Crippen LogP contribution is 2.50. The van der Waals surface area contributed by atoms with E-state index >= 15 is 0 Å². The molecule has 3 aliphatic carbocycles. The number of anilines is 1. The molecule has 5 rings (SSSR count). The van der Waals surface area contributed by atoms with Crippen molar-refractivity contribution < 1.29 is 9.59 Å². The van der Waals surface area contributed by atoms with E-state index in [0.717, 1.165) is 18.5 Å². The summed E-state index contributed by atoms with van der Waals surface area (Å²) < 4.78 is 0. The number of carbonyl (C=O) groups excluding carboxylic acids is 2. The second-order valence-corrected chi connectivity index (χ2v) is 7.10. The highest BCUT2D eigenvalue weighted by atomic mass is 16.2. The Morgan fingerprint density at radius 2 is 1.41 bits per heavy atom. The summed E-state index contributed by atoms with van der Waals surface area (Å²) in [5.41, 5.74) is 1.95. The second kappa shape index (κ2) is 4.80. The third kappa shape index (κ3) is 1.81. The summed E-state index contributed by atoms with van der Waals surface area (Å²) >= 11 is 0. The van der Waals surface area contributed by atoms with Gasteiger partial charge in [0, 0.05) is 0 Å². The van der Waals surface area contributed by atoms with Crippen LogP contribution in [0.2, 0.25) is 0 Å². The predicted octanol–water partition coefficient (Wildman–Crippen LogP) is 3.51. The van der Waals surface area contributed by atoms with E-state index < -0.39 is 0 Å². The Hall–Kier alpha value is -1.90. The van der Waals surface area contributed by atoms with Crippen molar-refractivity contribution in [2.24, 2.45) is 23.7 Å². The fraction of sp³-hybridized carbons (Fsp3) is 0.474. The number of fused-ring (bicyclic) bond motifs is 1. The molecule has 1 aromatic rings. The number of benzene rings is 1. The fourth-order valence-corrected chi connectivity index (χ4v) is 4.34. The van der Waals surface area contributed by atoms with Crippen LogP contribution >= 0.6 is 0 Å². The summed E-state index contributed by atoms with van der Waals surface area (Å²) in [6.07, 6.45) is 6.40. The SMILES string of the molecule is CC(C)c1ccc(N2C(=O)[C@@H]3[C@H](C2=O)[C@@H]2C=C[C@@H]3CC2)cc1. The zero-order valence-corrected chi connectivity index (χ0v) is 13.0. The van der Waals surface area contributed by atoms with E-state index in [4.69, 9.17) is 0 Å². The number of allylic oxidation sites excluding steroid dienone is 2. The Kier molecular flexibility index (Phi) is 3.00. The Labute approximate surface area is 131 Å². The average Bonchev–Trinajstić information content (AvgIpc) is 2.82. The minimum Gasteiger partial charge on any atom is -0.274 e. The first-order valence-electron chi connectivity index (χ1n) is 8.24. The molecule has 4 atom stereocenters. The minimum absolute atomic E-state index is 0.00588. The summed E-state index contributed by atoms with van der Waals surface area (Å²) in [6, 6.07) is 7.88. The van der Waals surface area contributed by atoms with E-state index in [1.807, 2.05) is 24.3 Å². The van der Waals surface area contributed by atoms with Crippen LogP contribution in [0.15, 0.2) is 36.4 Å². The molecule has 114 valence electrons. The lowest BCUT2D eigenvalue weighted by Crippen LogP contribution is -2.38. The maximum absolute atomic E-state index is 12.8. The van der Waals surface area contributed by atoms with Crippen molar-refractivity contribution in [3.8, 4) is 0 Å². The molecule has 0 radical (unpaired) electrons. The van der Waals surface area contributed by atoms with Crippen LogP contribution in [0.3, 0.4) is 0 Å². The Morgan fingerprint density at radius 3 is 1.82 bits per heavy atom. The first-order chi connectivity index (χ1) is 10.6. The topological polar surface area (TPSA) is 37.4 Å². The molecular weight excluding hydrogens is 274 g/mol. The average molecular weight is 295 g/mol. The van der Waals surface area contributed by atoms with Crippen molar-refractivity contribution >= 4 is 17.5 Å². The lowest BCUT2D eigenvalue weighted by Gasteiger charge is -2.38. The van der Waals surface area contributed by atoms with Crippen LogP contribution in [-0.4, -0.2) is 11.8 Å². The molecule has 0 unspecified atom stereocenters. The van der Waals surface area contributed by atoms with E-state index in [9.17, 15) is 9.59 Å². The van der Waals surface area contributed by atoms with Gasteiger partial charge in [0.05, 0.1) is 17.5 Å². The lowest BCUT2D eigenvalue weighted by atomic mass is 9.63. The van der Waals surface area contributed by atoms with Crippen molar-refractivity contribution in [1.82, 2.24) is 0 Å². The molecule has 0 N–H and O–H groups in total. The number of nitrogens with zero attached hydrogens (tertiary/aromatic N) is 1. The van der Waals surface area contributed by atoms with Crippen LogP contribution in [0, 0.1) is 23.7 Å². The van der Waals surface area contributed by atoms with Gasteiger partial charge in [-0.15, -0.1) is 0 Å². The molecule has 22 heavy (non-hydrogen) atoms. The van der Waals surface area contributed by atoms with E-state index in [2.05, 4.69) is 26.0 Å². The molecule has 0 spiro atoms. The summed E-state index contributed by atoms with van der Waals surface area (Å²) in [7, 11) is 0. The first kappa shape index (κ1) is 13.7. The van der Waals surface area contributed by atoms with Gasteiger partial charge < -0.3 is 0 Å². The van der Waals surface area contributed by atoms with Crippen molar-refractivity contribution in [2.45, 2.75) is 32.6 Å². The van der Waals surface area contributed by atoms with Crippen LogP contribution in [-0.2, 0) is 9.59 Å². The van der Waals surface area contributed by atoms with Crippen LogP contribution in [0.25, 0.3) is 0 Å². The highest BCUT2D eigenvalue weighted by Gasteiger charge is 2.56. The van der Waals surface area contributed by atoms with E-state index in [1.165, 1.54) is 10.5 Å². The summed E-state index contributed by atoms with van der Waals surface area (Å²) in [5.74, 6) is 0.721. The molecule has 0 aromatic heterocycles. The number of imide groups is 1. The molecule has 2 bridgehead atoms. The number of hydrogen-bond acceptors (Lipinski definition) is 2. The van der Waals surface area contributed by atoms with Crippen LogP contribution in [0.1, 0.15) is 38.2 Å². The minimum atomic E-state index is -0.124. The predicted molar refractivity (Wildman–Crippen MR) is 85.4 cm³/mol. The second-order valence-electron chi connectivity index (χ2n) is 7.10. The van der Waals surface area contributed by atoms with Crippen LogP contribution in [0.4, 0.5) is 5.69 Å². The van der Waals surface area contributed by atoms with Gasteiger partial charge in [0.2, 0.25) is 11.8 Å². The van der Waals surface area contributed by atoms with E-state index in [0.29, 0.717) is 5.92 Å². The van der Waals surface area contributed by atoms with Gasteiger partial charge in [-0.05, 0) is 48.3 Å². The summed E-state index contributed by atoms with van der Waals surface area (Å²) in [5, 5.41) is 0. The normalized spacial score (nSPS) is 33.0. The molecule has 4 aliphatic rings.